The van der Waals surface area contributed by atoms with Crippen LogP contribution in [-0.4, -0.2) is 5.11 Å². The van der Waals surface area contributed by atoms with Gasteiger partial charge in [0.15, 0.2) is 5.58 Å². The molecule has 5 nitrogen and oxygen atoms in total. The summed E-state index contributed by atoms with van der Waals surface area (Å²) >= 11 is 0. The summed E-state index contributed by atoms with van der Waals surface area (Å²) in [5, 5.41) is 17.4. The zero-order chi connectivity index (χ0) is 41.4. The summed E-state index contributed by atoms with van der Waals surface area (Å²) < 4.78 is 13.6. The standard InChI is InChI=1S/C56H42N2O3/c1-34-23-25-40(29-36(34)3)57(49-20-12-19-47-45-17-8-10-22-52(45)61-56(47)49)42-27-28-48-53(32-42)60-54-33-50(44-16-5-6-18-46(44)55(48)54)58(41-26-24-35(2)37(4)30-41)39-14-11-13-38(31-39)43-15-7-9-21-51(43)59/h5-33,59H,1-4H3. The first-order valence-corrected chi connectivity index (χ1v) is 20.7. The van der Waals surface area contributed by atoms with Gasteiger partial charge in [-0.1, -0.05) is 97.1 Å². The minimum absolute atomic E-state index is 0.247. The normalized spacial score (nSPS) is 11.7. The highest BCUT2D eigenvalue weighted by atomic mass is 16.3. The maximum Gasteiger partial charge on any atom is 0.159 e. The van der Waals surface area contributed by atoms with E-state index in [0.717, 1.165) is 99.9 Å². The SMILES string of the molecule is Cc1ccc(N(c2cccc(-c3ccccc3O)c2)c2cc3oc4cc(N(c5ccc(C)c(C)c5)c5cccc6c5oc5ccccc56)ccc4c3c3ccccc23)cc1C. The highest BCUT2D eigenvalue weighted by Crippen LogP contribution is 2.48. The molecule has 5 heteroatoms. The molecule has 0 spiro atoms. The fourth-order valence-electron chi connectivity index (χ4n) is 8.96. The topological polar surface area (TPSA) is 53.0 Å². The quantitative estimate of drug-likeness (QED) is 0.174. The van der Waals surface area contributed by atoms with Crippen molar-refractivity contribution in [1.29, 1.82) is 0 Å². The molecule has 294 valence electrons. The zero-order valence-corrected chi connectivity index (χ0v) is 34.4. The van der Waals surface area contributed by atoms with Crippen LogP contribution in [0.2, 0.25) is 0 Å². The summed E-state index contributed by atoms with van der Waals surface area (Å²) in [6.07, 6.45) is 0. The van der Waals surface area contributed by atoms with Gasteiger partial charge in [-0.05, 0) is 128 Å². The molecule has 0 aliphatic heterocycles. The molecule has 0 radical (unpaired) electrons. The van der Waals surface area contributed by atoms with Gasteiger partial charge in [0.1, 0.15) is 22.5 Å². The lowest BCUT2D eigenvalue weighted by Gasteiger charge is -2.28. The van der Waals surface area contributed by atoms with Gasteiger partial charge in [0, 0.05) is 61.7 Å². The number of aromatic hydroxyl groups is 1. The largest absolute Gasteiger partial charge is 0.507 e. The number of rotatable bonds is 7. The number of hydrogen-bond acceptors (Lipinski definition) is 5. The molecule has 0 fully saturated rings. The van der Waals surface area contributed by atoms with Crippen LogP contribution in [0.3, 0.4) is 0 Å². The predicted octanol–water partition coefficient (Wildman–Crippen LogP) is 16.2. The smallest absolute Gasteiger partial charge is 0.159 e. The molecule has 0 unspecified atom stereocenters. The van der Waals surface area contributed by atoms with E-state index in [1.807, 2.05) is 36.4 Å². The molecule has 2 heterocycles. The Morgan fingerprint density at radius 2 is 0.984 bits per heavy atom. The summed E-state index contributed by atoms with van der Waals surface area (Å²) in [4.78, 5) is 4.60. The van der Waals surface area contributed by atoms with Crippen LogP contribution in [0.4, 0.5) is 34.1 Å². The van der Waals surface area contributed by atoms with E-state index in [-0.39, 0.29) is 5.75 Å². The highest BCUT2D eigenvalue weighted by Gasteiger charge is 2.24. The number of anilines is 6. The van der Waals surface area contributed by atoms with E-state index in [2.05, 4.69) is 171 Å². The minimum atomic E-state index is 0.247. The fraction of sp³-hybridized carbons (Fsp3) is 0.0714. The summed E-state index contributed by atoms with van der Waals surface area (Å²) in [5.41, 5.74) is 15.8. The van der Waals surface area contributed by atoms with E-state index in [1.165, 1.54) is 22.3 Å². The molecule has 11 rings (SSSR count). The van der Waals surface area contributed by atoms with Gasteiger partial charge in [-0.15, -0.1) is 0 Å². The van der Waals surface area contributed by atoms with E-state index in [1.54, 1.807) is 6.07 Å². The third kappa shape index (κ3) is 6.00. The number of para-hydroxylation sites is 3. The molecule has 11 aromatic rings. The molecule has 0 bridgehead atoms. The molecule has 1 N–H and O–H groups in total. The fourth-order valence-corrected chi connectivity index (χ4v) is 8.96. The van der Waals surface area contributed by atoms with Crippen LogP contribution in [0.15, 0.2) is 185 Å². The lowest BCUT2D eigenvalue weighted by atomic mass is 9.99. The van der Waals surface area contributed by atoms with Crippen molar-refractivity contribution >= 4 is 88.8 Å². The van der Waals surface area contributed by atoms with Crippen LogP contribution in [0, 0.1) is 27.7 Å². The molecule has 61 heavy (non-hydrogen) atoms. The van der Waals surface area contributed by atoms with Crippen molar-refractivity contribution in [3.63, 3.8) is 0 Å². The molecule has 0 atom stereocenters. The first-order chi connectivity index (χ1) is 29.8. The van der Waals surface area contributed by atoms with Gasteiger partial charge in [-0.25, -0.2) is 0 Å². The third-order valence-corrected chi connectivity index (χ3v) is 12.4. The number of furan rings is 2. The van der Waals surface area contributed by atoms with Crippen LogP contribution in [-0.2, 0) is 0 Å². The van der Waals surface area contributed by atoms with Gasteiger partial charge < -0.3 is 23.7 Å². The molecule has 0 aliphatic carbocycles. The molecule has 0 saturated carbocycles. The molecule has 0 saturated heterocycles. The van der Waals surface area contributed by atoms with Crippen LogP contribution in [0.25, 0.3) is 65.8 Å². The van der Waals surface area contributed by atoms with E-state index in [0.29, 0.717) is 0 Å². The second-order valence-corrected chi connectivity index (χ2v) is 16.1. The van der Waals surface area contributed by atoms with Gasteiger partial charge in [0.25, 0.3) is 0 Å². The molecule has 0 amide bonds. The monoisotopic (exact) mass is 790 g/mol. The van der Waals surface area contributed by atoms with E-state index >= 15 is 0 Å². The molecular formula is C56H42N2O3. The van der Waals surface area contributed by atoms with Crippen molar-refractivity contribution in [2.24, 2.45) is 0 Å². The predicted molar refractivity (Wildman–Crippen MR) is 254 cm³/mol. The van der Waals surface area contributed by atoms with E-state index < -0.39 is 0 Å². The number of benzene rings is 9. The average Bonchev–Trinajstić information content (AvgIpc) is 3.85. The van der Waals surface area contributed by atoms with Crippen LogP contribution in [0.1, 0.15) is 22.3 Å². The summed E-state index contributed by atoms with van der Waals surface area (Å²) in [7, 11) is 0. The van der Waals surface area contributed by atoms with Crippen molar-refractivity contribution in [2.75, 3.05) is 9.80 Å². The van der Waals surface area contributed by atoms with Crippen molar-refractivity contribution in [1.82, 2.24) is 0 Å². The molecule has 2 aromatic heterocycles. The Hall–Kier alpha value is -7.76. The Bertz CT molecular complexity index is 3520. The van der Waals surface area contributed by atoms with Crippen LogP contribution >= 0.6 is 0 Å². The average molecular weight is 791 g/mol. The lowest BCUT2D eigenvalue weighted by Crippen LogP contribution is -2.11. The second-order valence-electron chi connectivity index (χ2n) is 16.1. The van der Waals surface area contributed by atoms with Gasteiger partial charge in [-0.3, -0.25) is 0 Å². The van der Waals surface area contributed by atoms with Crippen molar-refractivity contribution in [3.8, 4) is 16.9 Å². The van der Waals surface area contributed by atoms with Crippen molar-refractivity contribution in [3.05, 3.63) is 198 Å². The van der Waals surface area contributed by atoms with Crippen molar-refractivity contribution in [2.45, 2.75) is 27.7 Å². The van der Waals surface area contributed by atoms with Crippen molar-refractivity contribution < 1.29 is 13.9 Å². The second kappa shape index (κ2) is 14.2. The Labute approximate surface area is 353 Å². The number of hydrogen-bond donors (Lipinski definition) is 1. The Morgan fingerprint density at radius 1 is 0.377 bits per heavy atom. The molecule has 9 aromatic carbocycles. The van der Waals surface area contributed by atoms with Gasteiger partial charge in [0.05, 0.1) is 17.1 Å². The maximum atomic E-state index is 10.9. The Kier molecular flexibility index (Phi) is 8.46. The highest BCUT2D eigenvalue weighted by molar-refractivity contribution is 6.23. The first-order valence-electron chi connectivity index (χ1n) is 20.7. The van der Waals surface area contributed by atoms with Crippen LogP contribution in [0.5, 0.6) is 5.75 Å². The number of fused-ring (bicyclic) bond motifs is 8. The van der Waals surface area contributed by atoms with E-state index in [9.17, 15) is 5.11 Å². The van der Waals surface area contributed by atoms with Gasteiger partial charge in [-0.2, -0.15) is 0 Å². The number of aryl methyl sites for hydroxylation is 4. The lowest BCUT2D eigenvalue weighted by molar-refractivity contribution is 0.477. The van der Waals surface area contributed by atoms with Gasteiger partial charge in [0.2, 0.25) is 0 Å². The first kappa shape index (κ1) is 36.3. The van der Waals surface area contributed by atoms with Gasteiger partial charge >= 0.3 is 0 Å². The molecular weight excluding hydrogens is 749 g/mol. The van der Waals surface area contributed by atoms with Crippen LogP contribution < -0.4 is 9.80 Å². The maximum absolute atomic E-state index is 10.9. The third-order valence-electron chi connectivity index (χ3n) is 12.4. The Morgan fingerprint density at radius 3 is 1.74 bits per heavy atom. The minimum Gasteiger partial charge on any atom is -0.507 e. The number of phenolic OH excluding ortho intramolecular Hbond substituents is 1. The molecule has 0 aliphatic rings. The number of phenols is 1. The zero-order valence-electron chi connectivity index (χ0n) is 34.4. The van der Waals surface area contributed by atoms with E-state index in [4.69, 9.17) is 8.83 Å². The number of nitrogens with zero attached hydrogens (tertiary/aromatic N) is 2. The summed E-state index contributed by atoms with van der Waals surface area (Å²) in [6.45, 7) is 8.61. The Balaban J connectivity index is 1.13. The summed E-state index contributed by atoms with van der Waals surface area (Å²) in [6, 6.07) is 61.1. The summed E-state index contributed by atoms with van der Waals surface area (Å²) in [5.74, 6) is 0.247.